The van der Waals surface area contributed by atoms with E-state index in [0.29, 0.717) is 11.6 Å². The number of carbonyl (C=O) groups is 1. The molecule has 1 amide bonds. The van der Waals surface area contributed by atoms with E-state index in [-0.39, 0.29) is 11.7 Å². The van der Waals surface area contributed by atoms with Crippen molar-refractivity contribution in [2.75, 3.05) is 5.75 Å². The molecule has 4 rings (SSSR count). The predicted molar refractivity (Wildman–Crippen MR) is 110 cm³/mol. The van der Waals surface area contributed by atoms with Crippen molar-refractivity contribution in [3.05, 3.63) is 64.9 Å². The zero-order valence-electron chi connectivity index (χ0n) is 14.6. The Morgan fingerprint density at radius 3 is 2.93 bits per heavy atom. The van der Waals surface area contributed by atoms with Crippen molar-refractivity contribution in [3.63, 3.8) is 0 Å². The molecule has 2 N–H and O–H groups in total. The number of amides is 1. The summed E-state index contributed by atoms with van der Waals surface area (Å²) in [6, 6.07) is 13.7. The maximum atomic E-state index is 12.2. The number of fused-ring (bicyclic) bond motifs is 3. The van der Waals surface area contributed by atoms with Gasteiger partial charge in [-0.25, -0.2) is 9.97 Å². The van der Waals surface area contributed by atoms with E-state index in [4.69, 9.17) is 11.6 Å². The maximum absolute atomic E-state index is 12.2. The van der Waals surface area contributed by atoms with Crippen LogP contribution in [0.3, 0.4) is 0 Å². The molecule has 0 aliphatic rings. The molecule has 5 nitrogen and oxygen atoms in total. The van der Waals surface area contributed by atoms with Crippen molar-refractivity contribution in [3.8, 4) is 0 Å². The van der Waals surface area contributed by atoms with Crippen LogP contribution in [0.4, 0.5) is 0 Å². The Morgan fingerprint density at radius 1 is 1.22 bits per heavy atom. The van der Waals surface area contributed by atoms with Gasteiger partial charge in [0.1, 0.15) is 16.9 Å². The van der Waals surface area contributed by atoms with Crippen molar-refractivity contribution in [2.45, 2.75) is 18.5 Å². The topological polar surface area (TPSA) is 70.7 Å². The highest BCUT2D eigenvalue weighted by Crippen LogP contribution is 2.30. The zero-order valence-corrected chi connectivity index (χ0v) is 16.2. The largest absolute Gasteiger partial charge is 0.351 e. The van der Waals surface area contributed by atoms with E-state index in [1.807, 2.05) is 30.3 Å². The van der Waals surface area contributed by atoms with Crippen LogP contribution in [-0.4, -0.2) is 26.6 Å². The molecule has 0 atom stereocenters. The molecule has 4 aromatic rings. The first-order valence-electron chi connectivity index (χ1n) is 8.48. The summed E-state index contributed by atoms with van der Waals surface area (Å²) in [5.41, 5.74) is 4.83. The molecule has 2 aromatic carbocycles. The maximum Gasteiger partial charge on any atom is 0.230 e. The van der Waals surface area contributed by atoms with Crippen molar-refractivity contribution in [1.82, 2.24) is 20.3 Å². The minimum atomic E-state index is -0.0707. The summed E-state index contributed by atoms with van der Waals surface area (Å²) in [6.07, 6.45) is 1.54. The number of aromatic amines is 1. The molecule has 2 heterocycles. The molecule has 0 radical (unpaired) electrons. The van der Waals surface area contributed by atoms with Crippen molar-refractivity contribution in [2.24, 2.45) is 0 Å². The van der Waals surface area contributed by atoms with Crippen LogP contribution in [0.25, 0.3) is 21.9 Å². The number of nitrogens with one attached hydrogen (secondary N) is 2. The summed E-state index contributed by atoms with van der Waals surface area (Å²) < 4.78 is 0. The number of halogens is 1. The molecule has 0 spiro atoms. The minimum absolute atomic E-state index is 0.0707. The number of nitrogens with zero attached hydrogens (tertiary/aromatic N) is 2. The van der Waals surface area contributed by atoms with E-state index in [1.54, 1.807) is 6.33 Å². The summed E-state index contributed by atoms with van der Waals surface area (Å²) in [5.74, 6) is 0.198. The lowest BCUT2D eigenvalue weighted by Gasteiger charge is -2.07. The number of aromatic nitrogens is 3. The first-order valence-corrected chi connectivity index (χ1v) is 9.84. The average molecular weight is 397 g/mol. The normalized spacial score (nSPS) is 11.2. The fourth-order valence-electron chi connectivity index (χ4n) is 2.91. The number of hydrogen-bond donors (Lipinski definition) is 2. The summed E-state index contributed by atoms with van der Waals surface area (Å²) in [5, 5.41) is 5.38. The third-order valence-corrected chi connectivity index (χ3v) is 5.63. The van der Waals surface area contributed by atoms with Gasteiger partial charge in [0.25, 0.3) is 0 Å². The minimum Gasteiger partial charge on any atom is -0.351 e. The molecular weight excluding hydrogens is 380 g/mol. The first kappa shape index (κ1) is 17.8. The van der Waals surface area contributed by atoms with Crippen LogP contribution in [0.15, 0.2) is 53.8 Å². The highest BCUT2D eigenvalue weighted by molar-refractivity contribution is 8.00. The van der Waals surface area contributed by atoms with Crippen LogP contribution < -0.4 is 5.32 Å². The van der Waals surface area contributed by atoms with Gasteiger partial charge in [-0.1, -0.05) is 53.2 Å². The van der Waals surface area contributed by atoms with Crippen LogP contribution in [0, 0.1) is 6.92 Å². The Hall–Kier alpha value is -2.57. The molecule has 7 heteroatoms. The van der Waals surface area contributed by atoms with E-state index in [9.17, 15) is 4.79 Å². The Balaban J connectivity index is 1.48. The van der Waals surface area contributed by atoms with Crippen molar-refractivity contribution < 1.29 is 4.79 Å². The Labute approximate surface area is 165 Å². The molecule has 0 fully saturated rings. The molecule has 0 aliphatic heterocycles. The summed E-state index contributed by atoms with van der Waals surface area (Å²) >= 11 is 7.51. The molecular formula is C20H17ClN4OS. The molecule has 2 aromatic heterocycles. The lowest BCUT2D eigenvalue weighted by molar-refractivity contribution is -0.118. The number of thioether (sulfide) groups is 1. The van der Waals surface area contributed by atoms with Gasteiger partial charge < -0.3 is 10.3 Å². The number of carbonyl (C=O) groups excluding carboxylic acids is 1. The van der Waals surface area contributed by atoms with Gasteiger partial charge in [0.05, 0.1) is 11.3 Å². The quantitative estimate of drug-likeness (QED) is 0.385. The van der Waals surface area contributed by atoms with E-state index >= 15 is 0 Å². The number of rotatable bonds is 5. The van der Waals surface area contributed by atoms with Gasteiger partial charge in [0, 0.05) is 22.5 Å². The van der Waals surface area contributed by atoms with Crippen molar-refractivity contribution >= 4 is 51.2 Å². The number of H-pyrrole nitrogens is 1. The van der Waals surface area contributed by atoms with Crippen LogP contribution in [0.5, 0.6) is 0 Å². The first-order chi connectivity index (χ1) is 13.1. The van der Waals surface area contributed by atoms with Crippen LogP contribution in [0.1, 0.15) is 11.1 Å². The lowest BCUT2D eigenvalue weighted by Crippen LogP contribution is -2.24. The van der Waals surface area contributed by atoms with Gasteiger partial charge in [-0.15, -0.1) is 0 Å². The third-order valence-electron chi connectivity index (χ3n) is 4.28. The molecule has 136 valence electrons. The average Bonchev–Trinajstić information content (AvgIpc) is 3.04. The molecule has 0 saturated carbocycles. The Bertz CT molecular complexity index is 1140. The summed E-state index contributed by atoms with van der Waals surface area (Å²) in [4.78, 5) is 24.4. The van der Waals surface area contributed by atoms with Gasteiger partial charge in [-0.2, -0.15) is 0 Å². The van der Waals surface area contributed by atoms with Crippen LogP contribution in [-0.2, 0) is 11.3 Å². The second-order valence-electron chi connectivity index (χ2n) is 6.23. The lowest BCUT2D eigenvalue weighted by atomic mass is 10.2. The van der Waals surface area contributed by atoms with Gasteiger partial charge in [-0.05, 0) is 30.7 Å². The monoisotopic (exact) mass is 396 g/mol. The van der Waals surface area contributed by atoms with Crippen LogP contribution in [0.2, 0.25) is 5.02 Å². The Kier molecular flexibility index (Phi) is 5.01. The van der Waals surface area contributed by atoms with E-state index in [2.05, 4.69) is 39.3 Å². The molecule has 0 bridgehead atoms. The fourth-order valence-corrected chi connectivity index (χ4v) is 3.90. The molecule has 0 aliphatic carbocycles. The smallest absolute Gasteiger partial charge is 0.230 e. The molecule has 0 unspecified atom stereocenters. The number of benzene rings is 2. The second kappa shape index (κ2) is 7.58. The van der Waals surface area contributed by atoms with Crippen LogP contribution >= 0.6 is 23.4 Å². The second-order valence-corrected chi connectivity index (χ2v) is 7.60. The summed E-state index contributed by atoms with van der Waals surface area (Å²) in [7, 11) is 0. The van der Waals surface area contributed by atoms with Gasteiger partial charge in [-0.3, -0.25) is 4.79 Å². The SMILES string of the molecule is Cc1ccc2[nH]c3c(SCC(=O)NCc4ccccc4Cl)ncnc3c2c1. The zero-order chi connectivity index (χ0) is 18.8. The standard InChI is InChI=1S/C20H17ClN4OS/c1-12-6-7-16-14(8-12)18-19(25-16)20(24-11-23-18)27-10-17(26)22-9-13-4-2-3-5-15(13)21/h2-8,11,25H,9-10H2,1H3,(H,22,26). The highest BCUT2D eigenvalue weighted by atomic mass is 35.5. The summed E-state index contributed by atoms with van der Waals surface area (Å²) in [6.45, 7) is 2.46. The van der Waals surface area contributed by atoms with Gasteiger partial charge >= 0.3 is 0 Å². The predicted octanol–water partition coefficient (Wildman–Crippen LogP) is 4.48. The number of aryl methyl sites for hydroxylation is 1. The Morgan fingerprint density at radius 2 is 2.07 bits per heavy atom. The molecule has 0 saturated heterocycles. The van der Waals surface area contributed by atoms with E-state index in [0.717, 1.165) is 32.5 Å². The number of hydrogen-bond acceptors (Lipinski definition) is 4. The molecule has 27 heavy (non-hydrogen) atoms. The fraction of sp³-hybridized carbons (Fsp3) is 0.150. The van der Waals surface area contributed by atoms with Gasteiger partial charge in [0.15, 0.2) is 0 Å². The third kappa shape index (κ3) is 3.77. The van der Waals surface area contributed by atoms with E-state index in [1.165, 1.54) is 17.3 Å². The highest BCUT2D eigenvalue weighted by Gasteiger charge is 2.13. The van der Waals surface area contributed by atoms with E-state index < -0.39 is 0 Å². The van der Waals surface area contributed by atoms with Gasteiger partial charge in [0.2, 0.25) is 5.91 Å². The van der Waals surface area contributed by atoms with Crippen molar-refractivity contribution in [1.29, 1.82) is 0 Å².